The molecule has 0 atom stereocenters. The average Bonchev–Trinajstić information content (AvgIpc) is 2.37. The third-order valence-corrected chi connectivity index (χ3v) is 2.46. The van der Waals surface area contributed by atoms with Crippen molar-refractivity contribution < 1.29 is 8.42 Å². The van der Waals surface area contributed by atoms with E-state index < -0.39 is 10.0 Å². The second-order valence-electron chi connectivity index (χ2n) is 1.90. The molecule has 1 aromatic rings. The number of imidazole rings is 1. The maximum atomic E-state index is 11.1. The van der Waals surface area contributed by atoms with Crippen LogP contribution < -0.4 is 4.72 Å². The first-order valence-electron chi connectivity index (χ1n) is 3.16. The lowest BCUT2D eigenvalue weighted by Gasteiger charge is -1.98. The maximum Gasteiger partial charge on any atom is 0.274 e. The fraction of sp³-hybridized carbons (Fsp3) is 0.400. The molecule has 0 bridgehead atoms. The van der Waals surface area contributed by atoms with Crippen molar-refractivity contribution in [1.29, 1.82) is 0 Å². The Balaban J connectivity index is 2.92. The lowest BCUT2D eigenvalue weighted by atomic mass is 10.8. The Bertz CT molecular complexity index is 302. The van der Waals surface area contributed by atoms with E-state index in [4.69, 9.17) is 0 Å². The van der Waals surface area contributed by atoms with E-state index in [-0.39, 0.29) is 5.16 Å². The van der Waals surface area contributed by atoms with Crippen LogP contribution in [0.4, 0.5) is 0 Å². The molecule has 0 saturated carbocycles. The smallest absolute Gasteiger partial charge is 0.274 e. The van der Waals surface area contributed by atoms with Gasteiger partial charge in [0.05, 0.1) is 0 Å². The molecular formula is C5H9N3O2S. The fourth-order valence-electron chi connectivity index (χ4n) is 0.656. The normalized spacial score (nSPS) is 11.7. The van der Waals surface area contributed by atoms with Crippen molar-refractivity contribution in [1.82, 2.24) is 14.7 Å². The predicted molar refractivity (Wildman–Crippen MR) is 39.5 cm³/mol. The highest BCUT2D eigenvalue weighted by Gasteiger charge is 2.13. The molecule has 11 heavy (non-hydrogen) atoms. The summed E-state index contributed by atoms with van der Waals surface area (Å²) in [6, 6.07) is 0. The van der Waals surface area contributed by atoms with Gasteiger partial charge >= 0.3 is 0 Å². The molecule has 1 rings (SSSR count). The molecule has 5 nitrogen and oxygen atoms in total. The van der Waals surface area contributed by atoms with Crippen LogP contribution in [-0.4, -0.2) is 24.9 Å². The van der Waals surface area contributed by atoms with Crippen molar-refractivity contribution in [3.8, 4) is 0 Å². The molecule has 0 radical (unpaired) electrons. The zero-order valence-electron chi connectivity index (χ0n) is 6.03. The van der Waals surface area contributed by atoms with Crippen LogP contribution in [0.2, 0.25) is 0 Å². The van der Waals surface area contributed by atoms with Gasteiger partial charge in [-0.1, -0.05) is 6.92 Å². The molecule has 0 spiro atoms. The summed E-state index contributed by atoms with van der Waals surface area (Å²) in [5.41, 5.74) is 0. The quantitative estimate of drug-likeness (QED) is 0.662. The topological polar surface area (TPSA) is 74.8 Å². The third kappa shape index (κ3) is 1.78. The molecule has 1 heterocycles. The van der Waals surface area contributed by atoms with E-state index in [1.807, 2.05) is 0 Å². The monoisotopic (exact) mass is 175 g/mol. The van der Waals surface area contributed by atoms with Crippen LogP contribution in [0.3, 0.4) is 0 Å². The Hall–Kier alpha value is -0.880. The molecule has 6 heteroatoms. The molecule has 1 aromatic heterocycles. The molecule has 0 fully saturated rings. The van der Waals surface area contributed by atoms with Gasteiger partial charge in [0.15, 0.2) is 0 Å². The number of H-pyrrole nitrogens is 1. The van der Waals surface area contributed by atoms with Crippen LogP contribution >= 0.6 is 0 Å². The number of sulfonamides is 1. The Labute approximate surface area is 64.9 Å². The molecule has 62 valence electrons. The Kier molecular flexibility index (Phi) is 2.25. The molecular weight excluding hydrogens is 166 g/mol. The number of nitrogens with one attached hydrogen (secondary N) is 2. The summed E-state index contributed by atoms with van der Waals surface area (Å²) < 4.78 is 24.5. The molecule has 0 unspecified atom stereocenters. The van der Waals surface area contributed by atoms with Gasteiger partial charge in [0, 0.05) is 18.9 Å². The minimum atomic E-state index is -3.38. The average molecular weight is 175 g/mol. The van der Waals surface area contributed by atoms with E-state index in [1.165, 1.54) is 12.4 Å². The van der Waals surface area contributed by atoms with Crippen molar-refractivity contribution in [3.63, 3.8) is 0 Å². The van der Waals surface area contributed by atoms with Crippen LogP contribution in [-0.2, 0) is 10.0 Å². The lowest BCUT2D eigenvalue weighted by Crippen LogP contribution is -2.24. The second-order valence-corrected chi connectivity index (χ2v) is 3.58. The summed E-state index contributed by atoms with van der Waals surface area (Å²) in [6.07, 6.45) is 2.86. The minimum absolute atomic E-state index is 0.0423. The zero-order valence-corrected chi connectivity index (χ0v) is 6.85. The van der Waals surface area contributed by atoms with Crippen LogP contribution in [0.5, 0.6) is 0 Å². The first-order chi connectivity index (χ1) is 5.17. The first kappa shape index (κ1) is 8.22. The number of aromatic nitrogens is 2. The van der Waals surface area contributed by atoms with E-state index in [0.29, 0.717) is 6.54 Å². The van der Waals surface area contributed by atoms with Crippen LogP contribution in [0.1, 0.15) is 6.92 Å². The number of rotatable bonds is 3. The van der Waals surface area contributed by atoms with Crippen molar-refractivity contribution in [3.05, 3.63) is 12.4 Å². The summed E-state index contributed by atoms with van der Waals surface area (Å²) in [5, 5.41) is -0.0423. The Morgan fingerprint density at radius 1 is 1.73 bits per heavy atom. The second kappa shape index (κ2) is 3.02. The lowest BCUT2D eigenvalue weighted by molar-refractivity contribution is 0.576. The van der Waals surface area contributed by atoms with Gasteiger partial charge < -0.3 is 4.98 Å². The van der Waals surface area contributed by atoms with Crippen LogP contribution in [0.25, 0.3) is 0 Å². The van der Waals surface area contributed by atoms with Gasteiger partial charge in [-0.25, -0.2) is 18.1 Å². The molecule has 0 aliphatic rings. The first-order valence-corrected chi connectivity index (χ1v) is 4.64. The van der Waals surface area contributed by atoms with Gasteiger partial charge in [0.25, 0.3) is 10.0 Å². The van der Waals surface area contributed by atoms with Crippen molar-refractivity contribution in [2.45, 2.75) is 12.1 Å². The molecule has 2 N–H and O–H groups in total. The summed E-state index contributed by atoms with van der Waals surface area (Å²) in [7, 11) is -3.38. The van der Waals surface area contributed by atoms with E-state index in [2.05, 4.69) is 14.7 Å². The van der Waals surface area contributed by atoms with Crippen LogP contribution in [0, 0.1) is 0 Å². The van der Waals surface area contributed by atoms with E-state index in [9.17, 15) is 8.42 Å². The van der Waals surface area contributed by atoms with Gasteiger partial charge in [-0.15, -0.1) is 0 Å². The summed E-state index contributed by atoms with van der Waals surface area (Å²) in [5.74, 6) is 0. The van der Waals surface area contributed by atoms with E-state index >= 15 is 0 Å². The van der Waals surface area contributed by atoms with Crippen LogP contribution in [0.15, 0.2) is 17.6 Å². The molecule has 0 saturated heterocycles. The Morgan fingerprint density at radius 2 is 2.45 bits per heavy atom. The van der Waals surface area contributed by atoms with Gasteiger partial charge in [0.1, 0.15) is 0 Å². The van der Waals surface area contributed by atoms with Crippen molar-refractivity contribution in [2.75, 3.05) is 6.54 Å². The summed E-state index contributed by atoms with van der Waals surface area (Å²) in [6.45, 7) is 2.07. The molecule has 0 aliphatic carbocycles. The predicted octanol–water partition coefficient (Wildman–Crippen LogP) is -0.292. The summed E-state index contributed by atoms with van der Waals surface area (Å²) >= 11 is 0. The third-order valence-electron chi connectivity index (χ3n) is 1.06. The maximum absolute atomic E-state index is 11.1. The van der Waals surface area contributed by atoms with E-state index in [0.717, 1.165) is 0 Å². The number of hydrogen-bond donors (Lipinski definition) is 2. The van der Waals surface area contributed by atoms with E-state index in [1.54, 1.807) is 6.92 Å². The molecule has 0 amide bonds. The van der Waals surface area contributed by atoms with Gasteiger partial charge in [-0.3, -0.25) is 0 Å². The number of hydrogen-bond acceptors (Lipinski definition) is 3. The van der Waals surface area contributed by atoms with Gasteiger partial charge in [-0.05, 0) is 0 Å². The number of aromatic amines is 1. The number of nitrogens with zero attached hydrogens (tertiary/aromatic N) is 1. The molecule has 0 aromatic carbocycles. The Morgan fingerprint density at radius 3 is 2.91 bits per heavy atom. The molecule has 0 aliphatic heterocycles. The fourth-order valence-corrected chi connectivity index (χ4v) is 1.60. The standard InChI is InChI=1S/C5H9N3O2S/c1-2-8-11(9,10)5-6-3-4-7-5/h3-4,8H,2H2,1H3,(H,6,7). The zero-order chi connectivity index (χ0) is 8.32. The van der Waals surface area contributed by atoms with Crippen molar-refractivity contribution >= 4 is 10.0 Å². The largest absolute Gasteiger partial charge is 0.334 e. The van der Waals surface area contributed by atoms with Gasteiger partial charge in [0.2, 0.25) is 5.16 Å². The SMILES string of the molecule is CCNS(=O)(=O)c1ncc[nH]1. The summed E-state index contributed by atoms with van der Waals surface area (Å²) in [4.78, 5) is 6.10. The highest BCUT2D eigenvalue weighted by Crippen LogP contribution is 1.97. The highest BCUT2D eigenvalue weighted by molar-refractivity contribution is 7.89. The van der Waals surface area contributed by atoms with Crippen molar-refractivity contribution in [2.24, 2.45) is 0 Å². The van der Waals surface area contributed by atoms with Gasteiger partial charge in [-0.2, -0.15) is 0 Å². The highest BCUT2D eigenvalue weighted by atomic mass is 32.2. The minimum Gasteiger partial charge on any atom is -0.334 e.